The van der Waals surface area contributed by atoms with Gasteiger partial charge in [-0.2, -0.15) is 31.9 Å². The number of hydrogen-bond donors (Lipinski definition) is 2. The molecule has 186 valence electrons. The van der Waals surface area contributed by atoms with E-state index < -0.39 is 40.8 Å². The third-order valence-electron chi connectivity index (χ3n) is 4.47. The number of amides is 1. The van der Waals surface area contributed by atoms with Gasteiger partial charge in [0, 0.05) is 30.9 Å². The van der Waals surface area contributed by atoms with Gasteiger partial charge in [-0.3, -0.25) is 20.3 Å². The highest BCUT2D eigenvalue weighted by Crippen LogP contribution is 2.38. The van der Waals surface area contributed by atoms with Crippen LogP contribution >= 0.6 is 0 Å². The molecule has 1 saturated heterocycles. The summed E-state index contributed by atoms with van der Waals surface area (Å²) < 4.78 is 84.2. The Morgan fingerprint density at radius 1 is 1.12 bits per heavy atom. The van der Waals surface area contributed by atoms with E-state index in [1.807, 2.05) is 0 Å². The van der Waals surface area contributed by atoms with Gasteiger partial charge < -0.3 is 9.94 Å². The van der Waals surface area contributed by atoms with Crippen LogP contribution in [-0.4, -0.2) is 63.7 Å². The third kappa shape index (κ3) is 7.22. The van der Waals surface area contributed by atoms with Gasteiger partial charge >= 0.3 is 12.4 Å². The first-order valence-electron chi connectivity index (χ1n) is 9.61. The van der Waals surface area contributed by atoms with Crippen LogP contribution in [0.2, 0.25) is 0 Å². The molecule has 0 bridgehead atoms. The molecule has 0 atom stereocenters. The first-order valence-corrected chi connectivity index (χ1v) is 9.61. The van der Waals surface area contributed by atoms with Crippen LogP contribution in [0.4, 0.5) is 26.3 Å². The van der Waals surface area contributed by atoms with Crippen molar-refractivity contribution in [3.05, 3.63) is 46.9 Å². The average molecular weight is 494 g/mol. The van der Waals surface area contributed by atoms with Crippen LogP contribution in [0.3, 0.4) is 0 Å². The minimum absolute atomic E-state index is 0.00387. The fraction of sp³-hybridized carbons (Fsp3) is 0.389. The minimum Gasteiger partial charge on any atom is -0.769 e. The number of carbonyl (C=O) groups excluding carboxylic acids is 1. The average Bonchev–Trinajstić information content (AvgIpc) is 3.25. The number of alkyl halides is 6. The summed E-state index contributed by atoms with van der Waals surface area (Å²) in [6.07, 6.45) is -7.08. The van der Waals surface area contributed by atoms with Gasteiger partial charge in [-0.25, -0.2) is 9.67 Å². The van der Waals surface area contributed by atoms with Gasteiger partial charge in [0.1, 0.15) is 6.33 Å². The second kappa shape index (κ2) is 10.5. The standard InChI is InChI=1S/C18H18F6N7O3/c19-17(20,21)13-7-12(8-14(9-13)18(22,23)24)16-25-10-30(27-16)2-1-15(32)26-28-31(33)11-29-3-5-34-6-4-29/h1-2,7-10,28H,3-6,11H2,(H,26,32)/q-1/b2-1-. The van der Waals surface area contributed by atoms with Crippen molar-refractivity contribution in [1.82, 2.24) is 35.8 Å². The lowest BCUT2D eigenvalue weighted by atomic mass is 10.0. The molecule has 2 N–H and O–H groups in total. The molecule has 2 heterocycles. The quantitative estimate of drug-likeness (QED) is 0.342. The SMILES string of the molecule is O=C(/C=C\n1cnc(-c2cc(C(F)(F)F)cc(C(F)(F)F)c2)n1)NNN([O-])CN1CCOCC1. The number of hydroxylamine groups is 1. The molecule has 3 rings (SSSR count). The number of ether oxygens (including phenoxy) is 1. The summed E-state index contributed by atoms with van der Waals surface area (Å²) in [5.74, 6) is -1.20. The fourth-order valence-electron chi connectivity index (χ4n) is 2.83. The molecule has 16 heteroatoms. The Morgan fingerprint density at radius 2 is 1.74 bits per heavy atom. The summed E-state index contributed by atoms with van der Waals surface area (Å²) in [6.45, 7) is 2.05. The third-order valence-corrected chi connectivity index (χ3v) is 4.47. The highest BCUT2D eigenvalue weighted by Gasteiger charge is 2.37. The second-order valence-electron chi connectivity index (χ2n) is 7.01. The lowest BCUT2D eigenvalue weighted by molar-refractivity contribution is -0.143. The number of hydrogen-bond acceptors (Lipinski definition) is 8. The van der Waals surface area contributed by atoms with Gasteiger partial charge in [-0.15, -0.1) is 5.10 Å². The van der Waals surface area contributed by atoms with Gasteiger partial charge in [0.2, 0.25) is 0 Å². The predicted octanol–water partition coefficient (Wildman–Crippen LogP) is 2.08. The largest absolute Gasteiger partial charge is 0.769 e. The van der Waals surface area contributed by atoms with E-state index in [-0.39, 0.29) is 12.7 Å². The molecule has 1 amide bonds. The normalized spacial score (nSPS) is 15.9. The van der Waals surface area contributed by atoms with Crippen molar-refractivity contribution in [2.75, 3.05) is 33.0 Å². The summed E-state index contributed by atoms with van der Waals surface area (Å²) >= 11 is 0. The van der Waals surface area contributed by atoms with Crippen LogP contribution < -0.4 is 11.0 Å². The topological polar surface area (TPSA) is 111 Å². The van der Waals surface area contributed by atoms with Crippen molar-refractivity contribution in [2.24, 2.45) is 0 Å². The molecule has 2 aromatic rings. The number of carbonyl (C=O) groups is 1. The first-order chi connectivity index (χ1) is 15.9. The summed E-state index contributed by atoms with van der Waals surface area (Å²) in [4.78, 5) is 17.3. The number of nitrogens with zero attached hydrogens (tertiary/aromatic N) is 5. The summed E-state index contributed by atoms with van der Waals surface area (Å²) in [7, 11) is 0. The summed E-state index contributed by atoms with van der Waals surface area (Å²) in [5, 5.41) is 15.9. The Bertz CT molecular complexity index is 986. The smallest absolute Gasteiger partial charge is 0.416 e. The van der Waals surface area contributed by atoms with E-state index in [1.165, 1.54) is 0 Å². The van der Waals surface area contributed by atoms with E-state index in [0.29, 0.717) is 43.6 Å². The lowest BCUT2D eigenvalue weighted by Crippen LogP contribution is -2.52. The Kier molecular flexibility index (Phi) is 7.88. The molecule has 0 spiro atoms. The number of halogens is 6. The van der Waals surface area contributed by atoms with Crippen LogP contribution in [0, 0.1) is 5.21 Å². The van der Waals surface area contributed by atoms with Gasteiger partial charge in [0.25, 0.3) is 5.91 Å². The molecule has 0 saturated carbocycles. The van der Waals surface area contributed by atoms with Crippen molar-refractivity contribution in [3.8, 4) is 11.4 Å². The van der Waals surface area contributed by atoms with Crippen molar-refractivity contribution >= 4 is 12.1 Å². The molecule has 10 nitrogen and oxygen atoms in total. The number of nitrogens with one attached hydrogen (secondary N) is 2. The van der Waals surface area contributed by atoms with Gasteiger partial charge in [0.05, 0.1) is 31.0 Å². The molecular weight excluding hydrogens is 476 g/mol. The van der Waals surface area contributed by atoms with Crippen LogP contribution in [0.15, 0.2) is 30.6 Å². The van der Waals surface area contributed by atoms with Crippen LogP contribution in [0.5, 0.6) is 0 Å². The van der Waals surface area contributed by atoms with E-state index >= 15 is 0 Å². The highest BCUT2D eigenvalue weighted by molar-refractivity contribution is 5.89. The molecule has 0 aliphatic carbocycles. The Balaban J connectivity index is 1.63. The fourth-order valence-corrected chi connectivity index (χ4v) is 2.83. The Hall–Kier alpha value is -3.05. The molecular formula is C18H18F6N7O3-. The van der Waals surface area contributed by atoms with E-state index in [4.69, 9.17) is 4.74 Å². The van der Waals surface area contributed by atoms with Crippen molar-refractivity contribution in [2.45, 2.75) is 12.4 Å². The van der Waals surface area contributed by atoms with Crippen molar-refractivity contribution in [3.63, 3.8) is 0 Å². The Morgan fingerprint density at radius 3 is 2.32 bits per heavy atom. The van der Waals surface area contributed by atoms with E-state index in [9.17, 15) is 36.3 Å². The predicted molar refractivity (Wildman–Crippen MR) is 105 cm³/mol. The van der Waals surface area contributed by atoms with E-state index in [0.717, 1.165) is 23.3 Å². The molecule has 1 aliphatic rings. The van der Waals surface area contributed by atoms with Gasteiger partial charge in [0.15, 0.2) is 5.82 Å². The first kappa shape index (κ1) is 25.6. The number of benzene rings is 1. The summed E-state index contributed by atoms with van der Waals surface area (Å²) in [6, 6.07) is 0.981. The monoisotopic (exact) mass is 494 g/mol. The minimum atomic E-state index is -5.01. The maximum atomic E-state index is 13.0. The molecule has 0 unspecified atom stereocenters. The molecule has 1 aliphatic heterocycles. The number of aromatic nitrogens is 3. The van der Waals surface area contributed by atoms with Crippen LogP contribution in [0.1, 0.15) is 11.1 Å². The lowest BCUT2D eigenvalue weighted by Gasteiger charge is -2.36. The molecule has 1 fully saturated rings. The van der Waals surface area contributed by atoms with Crippen molar-refractivity contribution < 1.29 is 35.9 Å². The molecule has 1 aromatic heterocycles. The maximum absolute atomic E-state index is 13.0. The Labute approximate surface area is 188 Å². The van der Waals surface area contributed by atoms with Crippen molar-refractivity contribution in [1.29, 1.82) is 0 Å². The van der Waals surface area contributed by atoms with Crippen LogP contribution in [0.25, 0.3) is 17.6 Å². The zero-order valence-electron chi connectivity index (χ0n) is 17.2. The highest BCUT2D eigenvalue weighted by atomic mass is 19.4. The maximum Gasteiger partial charge on any atom is 0.416 e. The van der Waals surface area contributed by atoms with Gasteiger partial charge in [-0.05, 0) is 18.2 Å². The van der Waals surface area contributed by atoms with E-state index in [1.54, 1.807) is 4.90 Å². The van der Waals surface area contributed by atoms with Gasteiger partial charge in [-0.1, -0.05) is 0 Å². The zero-order chi connectivity index (χ0) is 24.9. The number of morpholine rings is 1. The number of hydrazine groups is 2. The molecule has 0 radical (unpaired) electrons. The number of rotatable bonds is 7. The second-order valence-corrected chi connectivity index (χ2v) is 7.01. The zero-order valence-corrected chi connectivity index (χ0v) is 17.2. The molecule has 34 heavy (non-hydrogen) atoms. The summed E-state index contributed by atoms with van der Waals surface area (Å²) in [5.41, 5.74) is 0.701. The van der Waals surface area contributed by atoms with Crippen LogP contribution in [-0.2, 0) is 21.9 Å². The van der Waals surface area contributed by atoms with E-state index in [2.05, 4.69) is 21.0 Å². The molecule has 1 aromatic carbocycles.